The van der Waals surface area contributed by atoms with Gasteiger partial charge in [0.25, 0.3) is 0 Å². The van der Waals surface area contributed by atoms with Crippen molar-refractivity contribution in [2.45, 2.75) is 46.0 Å². The molecule has 21 heavy (non-hydrogen) atoms. The summed E-state index contributed by atoms with van der Waals surface area (Å²) in [4.78, 5) is 12.8. The first-order valence-electron chi connectivity index (χ1n) is 7.43. The van der Waals surface area contributed by atoms with Gasteiger partial charge in [0.15, 0.2) is 5.84 Å². The van der Waals surface area contributed by atoms with Crippen LogP contribution in [0.25, 0.3) is 0 Å². The third-order valence-electron chi connectivity index (χ3n) is 4.47. The van der Waals surface area contributed by atoms with E-state index in [2.05, 4.69) is 17.4 Å². The molecule has 1 aromatic carbocycles. The Bertz CT molecular complexity index is 561. The fourth-order valence-corrected chi connectivity index (χ4v) is 3.11. The predicted octanol–water partition coefficient (Wildman–Crippen LogP) is 2.80. The zero-order valence-corrected chi connectivity index (χ0v) is 12.6. The summed E-state index contributed by atoms with van der Waals surface area (Å²) in [5.41, 5.74) is 7.91. The number of aryl methyl sites for hydroxylation is 2. The minimum absolute atomic E-state index is 0.0177. The van der Waals surface area contributed by atoms with Gasteiger partial charge in [-0.15, -0.1) is 0 Å². The van der Waals surface area contributed by atoms with Gasteiger partial charge in [-0.3, -0.25) is 4.79 Å². The molecule has 0 heterocycles. The number of benzene rings is 1. The third-order valence-corrected chi connectivity index (χ3v) is 4.47. The van der Waals surface area contributed by atoms with E-state index in [0.717, 1.165) is 36.1 Å². The Kier molecular flexibility index (Phi) is 4.50. The zero-order chi connectivity index (χ0) is 15.5. The summed E-state index contributed by atoms with van der Waals surface area (Å²) in [7, 11) is 0. The highest BCUT2D eigenvalue weighted by atomic mass is 16.4. The lowest BCUT2D eigenvalue weighted by atomic mass is 9.83. The molecule has 0 saturated heterocycles. The van der Waals surface area contributed by atoms with Crippen molar-refractivity contribution in [1.29, 1.82) is 0 Å². The number of nitrogens with one attached hydrogen (secondary N) is 1. The van der Waals surface area contributed by atoms with Crippen LogP contribution in [0.2, 0.25) is 0 Å². The van der Waals surface area contributed by atoms with Crippen molar-refractivity contribution >= 4 is 17.4 Å². The number of amidine groups is 1. The van der Waals surface area contributed by atoms with Gasteiger partial charge >= 0.3 is 0 Å². The number of hydrogen-bond acceptors (Lipinski definition) is 3. The number of anilines is 1. The maximum absolute atomic E-state index is 12.8. The molecule has 0 radical (unpaired) electrons. The standard InChI is InChI=1S/C16H23N3O2/c1-3-12-8-6-7-11(2)13(12)18-15(20)16(14(17)19-21)9-4-5-10-16/h6-8,21H,3-5,9-10H2,1-2H3,(H2,17,19)(H,18,20). The van der Waals surface area contributed by atoms with Crippen LogP contribution < -0.4 is 11.1 Å². The Morgan fingerprint density at radius 3 is 2.67 bits per heavy atom. The van der Waals surface area contributed by atoms with E-state index in [0.29, 0.717) is 12.8 Å². The SMILES string of the molecule is CCc1cccc(C)c1NC(=O)C1(C(N)=NO)CCCC1. The van der Waals surface area contributed by atoms with Gasteiger partial charge in [0.05, 0.1) is 0 Å². The number of carbonyl (C=O) groups excluding carboxylic acids is 1. The summed E-state index contributed by atoms with van der Waals surface area (Å²) in [6.45, 7) is 4.03. The smallest absolute Gasteiger partial charge is 0.238 e. The van der Waals surface area contributed by atoms with Crippen molar-refractivity contribution in [3.63, 3.8) is 0 Å². The average molecular weight is 289 g/mol. The van der Waals surface area contributed by atoms with Crippen LogP contribution in [0.15, 0.2) is 23.4 Å². The van der Waals surface area contributed by atoms with E-state index in [4.69, 9.17) is 10.9 Å². The van der Waals surface area contributed by atoms with Crippen molar-refractivity contribution in [2.24, 2.45) is 16.3 Å². The zero-order valence-electron chi connectivity index (χ0n) is 12.6. The molecule has 0 atom stereocenters. The summed E-state index contributed by atoms with van der Waals surface area (Å²) in [6, 6.07) is 5.96. The van der Waals surface area contributed by atoms with E-state index in [-0.39, 0.29) is 11.7 Å². The van der Waals surface area contributed by atoms with E-state index in [1.54, 1.807) is 0 Å². The number of hydrogen-bond donors (Lipinski definition) is 3. The summed E-state index contributed by atoms with van der Waals surface area (Å²) < 4.78 is 0. The molecule has 1 saturated carbocycles. The van der Waals surface area contributed by atoms with Crippen LogP contribution in [-0.2, 0) is 11.2 Å². The minimum atomic E-state index is -0.873. The Hall–Kier alpha value is -2.04. The molecule has 0 unspecified atom stereocenters. The monoisotopic (exact) mass is 289 g/mol. The number of carbonyl (C=O) groups is 1. The normalized spacial score (nSPS) is 17.7. The lowest BCUT2D eigenvalue weighted by Gasteiger charge is -2.27. The van der Waals surface area contributed by atoms with Gasteiger partial charge in [-0.25, -0.2) is 0 Å². The molecule has 0 aliphatic heterocycles. The fraction of sp³-hybridized carbons (Fsp3) is 0.500. The summed E-state index contributed by atoms with van der Waals surface area (Å²) >= 11 is 0. The third kappa shape index (κ3) is 2.73. The van der Waals surface area contributed by atoms with E-state index in [1.807, 2.05) is 25.1 Å². The highest BCUT2D eigenvalue weighted by Gasteiger charge is 2.45. The molecule has 1 aliphatic rings. The molecule has 4 N–H and O–H groups in total. The Balaban J connectivity index is 2.33. The van der Waals surface area contributed by atoms with Crippen LogP contribution in [-0.4, -0.2) is 17.0 Å². The lowest BCUT2D eigenvalue weighted by Crippen LogP contribution is -2.45. The van der Waals surface area contributed by atoms with Gasteiger partial charge < -0.3 is 16.3 Å². The molecule has 0 spiro atoms. The maximum atomic E-state index is 12.8. The summed E-state index contributed by atoms with van der Waals surface area (Å²) in [6.07, 6.45) is 3.92. The van der Waals surface area contributed by atoms with E-state index < -0.39 is 5.41 Å². The second kappa shape index (κ2) is 6.16. The van der Waals surface area contributed by atoms with Crippen LogP contribution in [0.3, 0.4) is 0 Å². The van der Waals surface area contributed by atoms with Crippen molar-refractivity contribution in [3.8, 4) is 0 Å². The highest BCUT2D eigenvalue weighted by Crippen LogP contribution is 2.40. The molecule has 1 aromatic rings. The predicted molar refractivity (Wildman–Crippen MR) is 83.5 cm³/mol. The molecule has 5 heteroatoms. The molecule has 114 valence electrons. The largest absolute Gasteiger partial charge is 0.409 e. The van der Waals surface area contributed by atoms with Crippen LogP contribution in [0.5, 0.6) is 0 Å². The van der Waals surface area contributed by atoms with Gasteiger partial charge in [0, 0.05) is 5.69 Å². The number of nitrogens with zero attached hydrogens (tertiary/aromatic N) is 1. The number of rotatable bonds is 4. The molecule has 5 nitrogen and oxygen atoms in total. The van der Waals surface area contributed by atoms with Gasteiger partial charge in [-0.1, -0.05) is 43.1 Å². The molecular formula is C16H23N3O2. The van der Waals surface area contributed by atoms with Crippen LogP contribution >= 0.6 is 0 Å². The molecule has 0 aromatic heterocycles. The summed E-state index contributed by atoms with van der Waals surface area (Å²) in [5.74, 6) is -0.150. The quantitative estimate of drug-likeness (QED) is 0.345. The number of amides is 1. The van der Waals surface area contributed by atoms with Crippen LogP contribution in [0.1, 0.15) is 43.7 Å². The molecule has 0 bridgehead atoms. The molecule has 1 aliphatic carbocycles. The van der Waals surface area contributed by atoms with Crippen LogP contribution in [0.4, 0.5) is 5.69 Å². The number of para-hydroxylation sites is 1. The summed E-state index contributed by atoms with van der Waals surface area (Å²) in [5, 5.41) is 15.1. The first-order chi connectivity index (χ1) is 10.0. The first kappa shape index (κ1) is 15.4. The van der Waals surface area contributed by atoms with Crippen molar-refractivity contribution < 1.29 is 10.0 Å². The first-order valence-corrected chi connectivity index (χ1v) is 7.43. The van der Waals surface area contributed by atoms with Crippen molar-refractivity contribution in [3.05, 3.63) is 29.3 Å². The van der Waals surface area contributed by atoms with E-state index in [1.165, 1.54) is 0 Å². The lowest BCUT2D eigenvalue weighted by molar-refractivity contribution is -0.122. The van der Waals surface area contributed by atoms with Gasteiger partial charge in [0.1, 0.15) is 5.41 Å². The van der Waals surface area contributed by atoms with Crippen molar-refractivity contribution in [2.75, 3.05) is 5.32 Å². The topological polar surface area (TPSA) is 87.7 Å². The second-order valence-electron chi connectivity index (χ2n) is 5.69. The Labute approximate surface area is 125 Å². The van der Waals surface area contributed by atoms with Crippen molar-refractivity contribution in [1.82, 2.24) is 0 Å². The molecule has 1 fully saturated rings. The number of oxime groups is 1. The minimum Gasteiger partial charge on any atom is -0.409 e. The second-order valence-corrected chi connectivity index (χ2v) is 5.69. The highest BCUT2D eigenvalue weighted by molar-refractivity contribution is 6.12. The van der Waals surface area contributed by atoms with Crippen LogP contribution in [0, 0.1) is 12.3 Å². The van der Waals surface area contributed by atoms with Gasteiger partial charge in [0.2, 0.25) is 5.91 Å². The van der Waals surface area contributed by atoms with E-state index >= 15 is 0 Å². The fourth-order valence-electron chi connectivity index (χ4n) is 3.11. The average Bonchev–Trinajstić information content (AvgIpc) is 2.99. The van der Waals surface area contributed by atoms with Gasteiger partial charge in [-0.2, -0.15) is 0 Å². The Morgan fingerprint density at radius 1 is 1.43 bits per heavy atom. The van der Waals surface area contributed by atoms with Gasteiger partial charge in [-0.05, 0) is 37.3 Å². The number of nitrogens with two attached hydrogens (primary N) is 1. The van der Waals surface area contributed by atoms with E-state index in [9.17, 15) is 4.79 Å². The Morgan fingerprint density at radius 2 is 2.10 bits per heavy atom. The molecule has 2 rings (SSSR count). The maximum Gasteiger partial charge on any atom is 0.238 e. The molecular weight excluding hydrogens is 266 g/mol. The molecule has 1 amide bonds.